The zero-order valence-electron chi connectivity index (χ0n) is 9.69. The van der Waals surface area contributed by atoms with Crippen molar-refractivity contribution < 1.29 is 0 Å². The third-order valence-electron chi connectivity index (χ3n) is 2.68. The molecule has 3 aromatic heterocycles. The highest BCUT2D eigenvalue weighted by atomic mass is 14.8. The Balaban J connectivity index is 2.05. The smallest absolute Gasteiger partial charge is 0.0892 e. The zero-order chi connectivity index (χ0) is 12.2. The molecule has 3 heteroatoms. The van der Waals surface area contributed by atoms with Crippen LogP contribution in [0, 0.1) is 0 Å². The molecular weight excluding hydrogens is 222 g/mol. The lowest BCUT2D eigenvalue weighted by atomic mass is 10.1. The van der Waals surface area contributed by atoms with E-state index >= 15 is 0 Å². The van der Waals surface area contributed by atoms with Crippen LogP contribution in [-0.2, 0) is 0 Å². The van der Waals surface area contributed by atoms with Gasteiger partial charge in [0.1, 0.15) is 0 Å². The zero-order valence-corrected chi connectivity index (χ0v) is 9.69. The summed E-state index contributed by atoms with van der Waals surface area (Å²) in [7, 11) is 0. The molecule has 0 saturated heterocycles. The molecule has 0 spiro atoms. The van der Waals surface area contributed by atoms with Crippen LogP contribution in [-0.4, -0.2) is 15.0 Å². The fourth-order valence-electron chi connectivity index (χ4n) is 1.80. The van der Waals surface area contributed by atoms with Crippen LogP contribution in [0.15, 0.2) is 67.3 Å². The van der Waals surface area contributed by atoms with Crippen LogP contribution < -0.4 is 0 Å². The van der Waals surface area contributed by atoms with Crippen molar-refractivity contribution in [1.29, 1.82) is 0 Å². The summed E-state index contributed by atoms with van der Waals surface area (Å²) < 4.78 is 0. The van der Waals surface area contributed by atoms with Crippen molar-refractivity contribution in [1.82, 2.24) is 15.0 Å². The summed E-state index contributed by atoms with van der Waals surface area (Å²) in [5, 5.41) is 0. The highest BCUT2D eigenvalue weighted by Crippen LogP contribution is 2.22. The molecule has 0 radical (unpaired) electrons. The Labute approximate surface area is 105 Å². The highest BCUT2D eigenvalue weighted by molar-refractivity contribution is 5.68. The lowest BCUT2D eigenvalue weighted by molar-refractivity contribution is 1.24. The van der Waals surface area contributed by atoms with Crippen LogP contribution in [0.25, 0.3) is 22.5 Å². The molecule has 3 nitrogen and oxygen atoms in total. The average Bonchev–Trinajstić information content (AvgIpc) is 2.49. The van der Waals surface area contributed by atoms with Crippen LogP contribution in [0.2, 0.25) is 0 Å². The topological polar surface area (TPSA) is 38.7 Å². The van der Waals surface area contributed by atoms with E-state index < -0.39 is 0 Å². The lowest BCUT2D eigenvalue weighted by Crippen LogP contribution is -1.87. The van der Waals surface area contributed by atoms with Gasteiger partial charge in [-0.2, -0.15) is 0 Å². The number of nitrogens with zero attached hydrogens (tertiary/aromatic N) is 3. The second-order valence-electron chi connectivity index (χ2n) is 3.89. The molecule has 0 aliphatic heterocycles. The van der Waals surface area contributed by atoms with Gasteiger partial charge in [-0.05, 0) is 35.9 Å². The van der Waals surface area contributed by atoms with Gasteiger partial charge >= 0.3 is 0 Å². The van der Waals surface area contributed by atoms with E-state index in [2.05, 4.69) is 15.0 Å². The number of hydrogen-bond donors (Lipinski definition) is 0. The number of rotatable bonds is 2. The van der Waals surface area contributed by atoms with Gasteiger partial charge in [0.25, 0.3) is 0 Å². The number of hydrogen-bond acceptors (Lipinski definition) is 3. The van der Waals surface area contributed by atoms with Gasteiger partial charge in [-0.15, -0.1) is 0 Å². The second-order valence-corrected chi connectivity index (χ2v) is 3.89. The van der Waals surface area contributed by atoms with Gasteiger partial charge in [-0.1, -0.05) is 12.1 Å². The Morgan fingerprint density at radius 2 is 1.61 bits per heavy atom. The van der Waals surface area contributed by atoms with E-state index in [4.69, 9.17) is 0 Å². The maximum absolute atomic E-state index is 4.35. The summed E-state index contributed by atoms with van der Waals surface area (Å²) in [6, 6.07) is 13.8. The van der Waals surface area contributed by atoms with Crippen molar-refractivity contribution >= 4 is 0 Å². The van der Waals surface area contributed by atoms with Crippen molar-refractivity contribution in [3.63, 3.8) is 0 Å². The third-order valence-corrected chi connectivity index (χ3v) is 2.68. The summed E-state index contributed by atoms with van der Waals surface area (Å²) in [4.78, 5) is 12.8. The summed E-state index contributed by atoms with van der Waals surface area (Å²) >= 11 is 0. The molecule has 3 heterocycles. The molecule has 0 amide bonds. The van der Waals surface area contributed by atoms with E-state index in [1.807, 2.05) is 48.7 Å². The maximum atomic E-state index is 4.35. The SMILES string of the molecule is c1ccc(-c2cc(-c3cccnc3)ccn2)nc1. The van der Waals surface area contributed by atoms with Gasteiger partial charge in [0.05, 0.1) is 11.4 Å². The van der Waals surface area contributed by atoms with Crippen LogP contribution in [0.5, 0.6) is 0 Å². The fraction of sp³-hybridized carbons (Fsp3) is 0. The van der Waals surface area contributed by atoms with Crippen molar-refractivity contribution in [2.45, 2.75) is 0 Å². The standard InChI is InChI=1S/C15H11N3/c1-2-8-17-14(5-1)15-10-12(6-9-18-15)13-4-3-7-16-11-13/h1-11H. The maximum Gasteiger partial charge on any atom is 0.0892 e. The Hall–Kier alpha value is -2.55. The van der Waals surface area contributed by atoms with E-state index in [1.165, 1.54) is 0 Å². The summed E-state index contributed by atoms with van der Waals surface area (Å²) in [6.45, 7) is 0. The molecule has 0 atom stereocenters. The third kappa shape index (κ3) is 2.11. The minimum Gasteiger partial charge on any atom is -0.264 e. The van der Waals surface area contributed by atoms with Crippen molar-refractivity contribution in [2.75, 3.05) is 0 Å². The average molecular weight is 233 g/mol. The molecular formula is C15H11N3. The van der Waals surface area contributed by atoms with E-state index in [9.17, 15) is 0 Å². The second kappa shape index (κ2) is 4.75. The van der Waals surface area contributed by atoms with Gasteiger partial charge in [0.2, 0.25) is 0 Å². The van der Waals surface area contributed by atoms with Gasteiger partial charge in [0.15, 0.2) is 0 Å². The molecule has 0 bridgehead atoms. The van der Waals surface area contributed by atoms with E-state index in [-0.39, 0.29) is 0 Å². The minimum atomic E-state index is 0.872. The lowest BCUT2D eigenvalue weighted by Gasteiger charge is -2.03. The molecule has 0 N–H and O–H groups in total. The van der Waals surface area contributed by atoms with Crippen molar-refractivity contribution in [3.05, 3.63) is 67.3 Å². The van der Waals surface area contributed by atoms with Gasteiger partial charge < -0.3 is 0 Å². The first-order valence-corrected chi connectivity index (χ1v) is 5.71. The first-order chi connectivity index (χ1) is 8.93. The van der Waals surface area contributed by atoms with Gasteiger partial charge in [0, 0.05) is 30.4 Å². The van der Waals surface area contributed by atoms with Crippen LogP contribution in [0.4, 0.5) is 0 Å². The molecule has 0 aromatic carbocycles. The van der Waals surface area contributed by atoms with E-state index in [1.54, 1.807) is 18.6 Å². The van der Waals surface area contributed by atoms with Gasteiger partial charge in [-0.3, -0.25) is 15.0 Å². The predicted molar refractivity (Wildman–Crippen MR) is 70.7 cm³/mol. The van der Waals surface area contributed by atoms with Crippen LogP contribution in [0.3, 0.4) is 0 Å². The van der Waals surface area contributed by atoms with Crippen LogP contribution >= 0.6 is 0 Å². The Morgan fingerprint density at radius 3 is 2.39 bits per heavy atom. The predicted octanol–water partition coefficient (Wildman–Crippen LogP) is 3.21. The molecule has 0 saturated carbocycles. The minimum absolute atomic E-state index is 0.872. The largest absolute Gasteiger partial charge is 0.264 e. The Kier molecular flexibility index (Phi) is 2.80. The molecule has 0 unspecified atom stereocenters. The van der Waals surface area contributed by atoms with Crippen molar-refractivity contribution in [2.24, 2.45) is 0 Å². The summed E-state index contributed by atoms with van der Waals surface area (Å²) in [5.41, 5.74) is 3.93. The molecule has 86 valence electrons. The number of pyridine rings is 3. The number of aromatic nitrogens is 3. The molecule has 3 rings (SSSR count). The molecule has 0 fully saturated rings. The van der Waals surface area contributed by atoms with E-state index in [0.29, 0.717) is 0 Å². The first kappa shape index (κ1) is 10.6. The van der Waals surface area contributed by atoms with E-state index in [0.717, 1.165) is 22.5 Å². The normalized spacial score (nSPS) is 10.2. The highest BCUT2D eigenvalue weighted by Gasteiger charge is 2.03. The monoisotopic (exact) mass is 233 g/mol. The summed E-state index contributed by atoms with van der Waals surface area (Å²) in [5.74, 6) is 0. The molecule has 18 heavy (non-hydrogen) atoms. The quantitative estimate of drug-likeness (QED) is 0.682. The van der Waals surface area contributed by atoms with Crippen molar-refractivity contribution in [3.8, 4) is 22.5 Å². The Morgan fingerprint density at radius 1 is 0.667 bits per heavy atom. The fourth-order valence-corrected chi connectivity index (χ4v) is 1.80. The van der Waals surface area contributed by atoms with Gasteiger partial charge in [-0.25, -0.2) is 0 Å². The van der Waals surface area contributed by atoms with Crippen LogP contribution in [0.1, 0.15) is 0 Å². The molecule has 0 aliphatic rings. The molecule has 3 aromatic rings. The molecule has 0 aliphatic carbocycles. The first-order valence-electron chi connectivity index (χ1n) is 5.71. The Bertz CT molecular complexity index is 581. The summed E-state index contributed by atoms with van der Waals surface area (Å²) in [6.07, 6.45) is 7.18.